The highest BCUT2D eigenvalue weighted by molar-refractivity contribution is 5.74. The van der Waals surface area contributed by atoms with E-state index in [1.165, 1.54) is 17.7 Å². The quantitative estimate of drug-likeness (QED) is 0.789. The predicted octanol–water partition coefficient (Wildman–Crippen LogP) is 1.93. The second-order valence-corrected chi connectivity index (χ2v) is 5.83. The summed E-state index contributed by atoms with van der Waals surface area (Å²) in [5.41, 5.74) is 0.299. The maximum atomic E-state index is 11.7. The summed E-state index contributed by atoms with van der Waals surface area (Å²) in [7, 11) is 1.62. The van der Waals surface area contributed by atoms with Crippen LogP contribution in [0, 0.1) is 11.3 Å². The Hall–Kier alpha value is -1.26. The minimum absolute atomic E-state index is 0.0150. The fourth-order valence-corrected chi connectivity index (χ4v) is 2.49. The summed E-state index contributed by atoms with van der Waals surface area (Å²) in [5, 5.41) is 11.5. The van der Waals surface area contributed by atoms with Crippen molar-refractivity contribution in [1.29, 1.82) is 0 Å². The second-order valence-electron chi connectivity index (χ2n) is 5.83. The van der Waals surface area contributed by atoms with Gasteiger partial charge in [-0.3, -0.25) is 4.79 Å². The van der Waals surface area contributed by atoms with Gasteiger partial charge in [0.2, 0.25) is 0 Å². The first kappa shape index (κ1) is 14.8. The minimum Gasteiger partial charge on any atom is -0.481 e. The van der Waals surface area contributed by atoms with Crippen molar-refractivity contribution in [3.05, 3.63) is 0 Å². The number of rotatable bonds is 5. The molecule has 1 fully saturated rings. The number of hydrogen-bond acceptors (Lipinski definition) is 2. The molecular weight excluding hydrogens is 232 g/mol. The van der Waals surface area contributed by atoms with Gasteiger partial charge in [-0.1, -0.05) is 20.3 Å². The molecule has 18 heavy (non-hydrogen) atoms. The SMILES string of the molecule is CN(CCC(=O)O)C(=O)NCC1CCCC1(C)C. The number of amides is 2. The molecule has 0 heterocycles. The smallest absolute Gasteiger partial charge is 0.317 e. The molecule has 1 saturated carbocycles. The summed E-state index contributed by atoms with van der Waals surface area (Å²) in [6.45, 7) is 5.41. The zero-order valence-corrected chi connectivity index (χ0v) is 11.5. The predicted molar refractivity (Wildman–Crippen MR) is 69.4 cm³/mol. The number of carbonyl (C=O) groups is 2. The van der Waals surface area contributed by atoms with E-state index in [1.54, 1.807) is 7.05 Å². The highest BCUT2D eigenvalue weighted by Crippen LogP contribution is 2.41. The Kier molecular flexibility index (Phi) is 4.99. The second kappa shape index (κ2) is 6.07. The molecule has 104 valence electrons. The van der Waals surface area contributed by atoms with Gasteiger partial charge in [0.1, 0.15) is 0 Å². The first-order valence-electron chi connectivity index (χ1n) is 6.53. The van der Waals surface area contributed by atoms with Gasteiger partial charge in [0.25, 0.3) is 0 Å². The van der Waals surface area contributed by atoms with Crippen molar-refractivity contribution < 1.29 is 14.7 Å². The molecule has 0 aromatic carbocycles. The highest BCUT2D eigenvalue weighted by atomic mass is 16.4. The van der Waals surface area contributed by atoms with E-state index in [0.717, 1.165) is 6.42 Å². The van der Waals surface area contributed by atoms with Gasteiger partial charge in [0.05, 0.1) is 6.42 Å². The fraction of sp³-hybridized carbons (Fsp3) is 0.846. The van der Waals surface area contributed by atoms with E-state index >= 15 is 0 Å². The molecule has 2 amide bonds. The molecule has 5 heteroatoms. The standard InChI is InChI=1S/C13H24N2O3/c1-13(2)7-4-5-10(13)9-14-12(18)15(3)8-6-11(16)17/h10H,4-9H2,1-3H3,(H,14,18)(H,16,17). The number of nitrogens with one attached hydrogen (secondary N) is 1. The van der Waals surface area contributed by atoms with E-state index in [1.807, 2.05) is 0 Å². The van der Waals surface area contributed by atoms with Crippen LogP contribution in [-0.2, 0) is 4.79 Å². The van der Waals surface area contributed by atoms with Crippen molar-refractivity contribution >= 4 is 12.0 Å². The number of aliphatic carboxylic acids is 1. The third-order valence-corrected chi connectivity index (χ3v) is 3.99. The van der Waals surface area contributed by atoms with Gasteiger partial charge < -0.3 is 15.3 Å². The van der Waals surface area contributed by atoms with Crippen LogP contribution < -0.4 is 5.32 Å². The summed E-state index contributed by atoms with van der Waals surface area (Å²) >= 11 is 0. The molecule has 0 aromatic heterocycles. The average Bonchev–Trinajstić information content (AvgIpc) is 2.62. The van der Waals surface area contributed by atoms with Gasteiger partial charge in [-0.15, -0.1) is 0 Å². The molecule has 0 spiro atoms. The largest absolute Gasteiger partial charge is 0.481 e. The maximum Gasteiger partial charge on any atom is 0.317 e. The van der Waals surface area contributed by atoms with Gasteiger partial charge in [-0.05, 0) is 24.2 Å². The van der Waals surface area contributed by atoms with Crippen LogP contribution in [0.2, 0.25) is 0 Å². The van der Waals surface area contributed by atoms with Crippen LogP contribution in [0.15, 0.2) is 0 Å². The van der Waals surface area contributed by atoms with E-state index in [-0.39, 0.29) is 19.0 Å². The number of urea groups is 1. The Morgan fingerprint density at radius 2 is 2.11 bits per heavy atom. The lowest BCUT2D eigenvalue weighted by molar-refractivity contribution is -0.137. The number of hydrogen-bond donors (Lipinski definition) is 2. The zero-order chi connectivity index (χ0) is 13.8. The van der Waals surface area contributed by atoms with Crippen LogP contribution >= 0.6 is 0 Å². The molecule has 0 aliphatic heterocycles. The van der Waals surface area contributed by atoms with E-state index < -0.39 is 5.97 Å². The molecule has 1 aliphatic rings. The van der Waals surface area contributed by atoms with E-state index in [0.29, 0.717) is 17.9 Å². The highest BCUT2D eigenvalue weighted by Gasteiger charge is 2.34. The Morgan fingerprint density at radius 3 is 2.61 bits per heavy atom. The molecule has 1 rings (SSSR count). The molecule has 0 bridgehead atoms. The van der Waals surface area contributed by atoms with Crippen LogP contribution in [-0.4, -0.2) is 42.1 Å². The summed E-state index contributed by atoms with van der Waals surface area (Å²) in [6, 6.07) is -0.182. The van der Waals surface area contributed by atoms with Crippen molar-refractivity contribution in [2.24, 2.45) is 11.3 Å². The number of nitrogens with zero attached hydrogens (tertiary/aromatic N) is 1. The topological polar surface area (TPSA) is 69.6 Å². The first-order valence-corrected chi connectivity index (χ1v) is 6.53. The molecule has 1 unspecified atom stereocenters. The van der Waals surface area contributed by atoms with Crippen LogP contribution in [0.25, 0.3) is 0 Å². The van der Waals surface area contributed by atoms with Crippen LogP contribution in [0.5, 0.6) is 0 Å². The zero-order valence-electron chi connectivity index (χ0n) is 11.5. The van der Waals surface area contributed by atoms with Crippen molar-refractivity contribution in [1.82, 2.24) is 10.2 Å². The van der Waals surface area contributed by atoms with Gasteiger partial charge in [-0.2, -0.15) is 0 Å². The van der Waals surface area contributed by atoms with E-state index in [9.17, 15) is 9.59 Å². The third kappa shape index (κ3) is 4.20. The molecule has 0 radical (unpaired) electrons. The Morgan fingerprint density at radius 1 is 1.44 bits per heavy atom. The minimum atomic E-state index is -0.883. The third-order valence-electron chi connectivity index (χ3n) is 3.99. The summed E-state index contributed by atoms with van der Waals surface area (Å²) in [5.74, 6) is -0.360. The monoisotopic (exact) mass is 256 g/mol. The van der Waals surface area contributed by atoms with Crippen LogP contribution in [0.1, 0.15) is 39.5 Å². The number of carbonyl (C=O) groups excluding carboxylic acids is 1. The molecule has 1 aliphatic carbocycles. The molecule has 0 aromatic rings. The molecule has 5 nitrogen and oxygen atoms in total. The Balaban J connectivity index is 2.30. The first-order chi connectivity index (χ1) is 8.33. The van der Waals surface area contributed by atoms with E-state index in [2.05, 4.69) is 19.2 Å². The van der Waals surface area contributed by atoms with Crippen molar-refractivity contribution in [3.63, 3.8) is 0 Å². The van der Waals surface area contributed by atoms with Crippen molar-refractivity contribution in [2.75, 3.05) is 20.1 Å². The van der Waals surface area contributed by atoms with E-state index in [4.69, 9.17) is 5.11 Å². The van der Waals surface area contributed by atoms with Crippen molar-refractivity contribution in [3.8, 4) is 0 Å². The van der Waals surface area contributed by atoms with Crippen molar-refractivity contribution in [2.45, 2.75) is 39.5 Å². The summed E-state index contributed by atoms with van der Waals surface area (Å²) in [4.78, 5) is 23.6. The summed E-state index contributed by atoms with van der Waals surface area (Å²) < 4.78 is 0. The fourth-order valence-electron chi connectivity index (χ4n) is 2.49. The Bertz CT molecular complexity index is 315. The maximum absolute atomic E-state index is 11.7. The number of carboxylic acid groups (broad SMARTS) is 1. The van der Waals surface area contributed by atoms with Crippen LogP contribution in [0.3, 0.4) is 0 Å². The van der Waals surface area contributed by atoms with Gasteiger partial charge >= 0.3 is 12.0 Å². The number of carboxylic acids is 1. The molecular formula is C13H24N2O3. The lowest BCUT2D eigenvalue weighted by atomic mass is 9.82. The van der Waals surface area contributed by atoms with Crippen LogP contribution in [0.4, 0.5) is 4.79 Å². The van der Waals surface area contributed by atoms with Gasteiger partial charge in [0, 0.05) is 20.1 Å². The molecule has 2 N–H and O–H groups in total. The summed E-state index contributed by atoms with van der Waals surface area (Å²) in [6.07, 6.45) is 3.58. The molecule has 0 saturated heterocycles. The average molecular weight is 256 g/mol. The Labute approximate surface area is 109 Å². The van der Waals surface area contributed by atoms with Gasteiger partial charge in [0.15, 0.2) is 0 Å². The lowest BCUT2D eigenvalue weighted by Crippen LogP contribution is -2.41. The normalized spacial score (nSPS) is 21.6. The molecule has 1 atom stereocenters. The van der Waals surface area contributed by atoms with Gasteiger partial charge in [-0.25, -0.2) is 4.79 Å². The lowest BCUT2D eigenvalue weighted by Gasteiger charge is -2.28.